The van der Waals surface area contributed by atoms with Gasteiger partial charge in [0.05, 0.1) is 10.0 Å². The first-order chi connectivity index (χ1) is 12.7. The van der Waals surface area contributed by atoms with E-state index in [1.807, 2.05) is 19.1 Å². The van der Waals surface area contributed by atoms with Gasteiger partial charge in [-0.3, -0.25) is 14.5 Å². The predicted octanol–water partition coefficient (Wildman–Crippen LogP) is 3.10. The number of anilines is 1. The summed E-state index contributed by atoms with van der Waals surface area (Å²) in [5, 5.41) is 5.59. The van der Waals surface area contributed by atoms with E-state index in [1.165, 1.54) is 12.3 Å². The monoisotopic (exact) mass is 406 g/mol. The molecule has 2 heterocycles. The van der Waals surface area contributed by atoms with Gasteiger partial charge in [0.2, 0.25) is 5.91 Å². The number of urea groups is 1. The van der Waals surface area contributed by atoms with E-state index in [2.05, 4.69) is 15.6 Å². The SMILES string of the molecule is Cc1ccc(C2(C)NC(=O)N(CC(=O)Nc3ncc(Cl)cc3Cl)C2=O)cc1. The molecule has 0 aliphatic carbocycles. The quantitative estimate of drug-likeness (QED) is 0.762. The van der Waals surface area contributed by atoms with Crippen LogP contribution in [-0.2, 0) is 15.1 Å². The Hall–Kier alpha value is -2.64. The van der Waals surface area contributed by atoms with Crippen molar-refractivity contribution in [3.63, 3.8) is 0 Å². The number of nitrogens with zero attached hydrogens (tertiary/aromatic N) is 2. The molecule has 1 aliphatic heterocycles. The van der Waals surface area contributed by atoms with Crippen LogP contribution in [0.3, 0.4) is 0 Å². The number of carbonyl (C=O) groups is 3. The zero-order chi connectivity index (χ0) is 19.8. The van der Waals surface area contributed by atoms with Crippen molar-refractivity contribution in [2.24, 2.45) is 0 Å². The van der Waals surface area contributed by atoms with Crippen molar-refractivity contribution in [2.45, 2.75) is 19.4 Å². The molecule has 0 spiro atoms. The first kappa shape index (κ1) is 19.1. The lowest BCUT2D eigenvalue weighted by Crippen LogP contribution is -2.42. The van der Waals surface area contributed by atoms with Gasteiger partial charge >= 0.3 is 6.03 Å². The molecule has 2 N–H and O–H groups in total. The number of hydrogen-bond donors (Lipinski definition) is 2. The van der Waals surface area contributed by atoms with E-state index >= 15 is 0 Å². The van der Waals surface area contributed by atoms with Crippen LogP contribution in [0.25, 0.3) is 0 Å². The molecule has 1 aliphatic rings. The second kappa shape index (κ2) is 7.17. The van der Waals surface area contributed by atoms with Gasteiger partial charge in [0.15, 0.2) is 5.82 Å². The number of amides is 4. The van der Waals surface area contributed by atoms with Gasteiger partial charge < -0.3 is 10.6 Å². The van der Waals surface area contributed by atoms with Gasteiger partial charge in [0.25, 0.3) is 5.91 Å². The van der Waals surface area contributed by atoms with Crippen LogP contribution >= 0.6 is 23.2 Å². The number of imide groups is 1. The van der Waals surface area contributed by atoms with Crippen molar-refractivity contribution in [3.8, 4) is 0 Å². The molecule has 3 rings (SSSR count). The average Bonchev–Trinajstić information content (AvgIpc) is 2.82. The molecule has 0 saturated carbocycles. The Kier molecular flexibility index (Phi) is 5.08. The number of halogens is 2. The molecule has 1 saturated heterocycles. The summed E-state index contributed by atoms with van der Waals surface area (Å²) in [6, 6.07) is 8.03. The fourth-order valence-corrected chi connectivity index (χ4v) is 3.17. The summed E-state index contributed by atoms with van der Waals surface area (Å²) in [5.74, 6) is -1.02. The molecular weight excluding hydrogens is 391 g/mol. The topological polar surface area (TPSA) is 91.4 Å². The maximum absolute atomic E-state index is 12.8. The molecule has 7 nitrogen and oxygen atoms in total. The van der Waals surface area contributed by atoms with Crippen molar-refractivity contribution in [1.82, 2.24) is 15.2 Å². The summed E-state index contributed by atoms with van der Waals surface area (Å²) in [4.78, 5) is 42.2. The number of nitrogens with one attached hydrogen (secondary N) is 2. The molecule has 1 atom stereocenters. The first-order valence-corrected chi connectivity index (χ1v) is 8.78. The summed E-state index contributed by atoms with van der Waals surface area (Å²) in [6.07, 6.45) is 1.32. The minimum absolute atomic E-state index is 0.0967. The third-order valence-corrected chi connectivity index (χ3v) is 4.77. The second-order valence-electron chi connectivity index (χ2n) is 6.34. The molecular formula is C18H16Cl2N4O3. The number of benzene rings is 1. The number of carbonyl (C=O) groups excluding carboxylic acids is 3. The number of rotatable bonds is 4. The molecule has 0 radical (unpaired) electrons. The normalized spacial score (nSPS) is 19.2. The Morgan fingerprint density at radius 1 is 1.26 bits per heavy atom. The predicted molar refractivity (Wildman–Crippen MR) is 102 cm³/mol. The Labute approximate surface area is 165 Å². The van der Waals surface area contributed by atoms with Crippen LogP contribution < -0.4 is 10.6 Å². The zero-order valence-electron chi connectivity index (χ0n) is 14.5. The molecule has 27 heavy (non-hydrogen) atoms. The van der Waals surface area contributed by atoms with Gasteiger partial charge in [-0.2, -0.15) is 0 Å². The lowest BCUT2D eigenvalue weighted by atomic mass is 9.91. The minimum atomic E-state index is -1.23. The van der Waals surface area contributed by atoms with E-state index in [9.17, 15) is 14.4 Å². The fraction of sp³-hybridized carbons (Fsp3) is 0.222. The van der Waals surface area contributed by atoms with Crippen LogP contribution in [0.2, 0.25) is 10.0 Å². The highest BCUT2D eigenvalue weighted by Gasteiger charge is 2.49. The third kappa shape index (κ3) is 3.74. The van der Waals surface area contributed by atoms with Gasteiger partial charge in [0.1, 0.15) is 12.1 Å². The zero-order valence-corrected chi connectivity index (χ0v) is 16.1. The molecule has 0 bridgehead atoms. The molecule has 1 unspecified atom stereocenters. The highest BCUT2D eigenvalue weighted by molar-refractivity contribution is 6.36. The summed E-state index contributed by atoms with van der Waals surface area (Å²) in [6.45, 7) is 3.06. The number of pyridine rings is 1. The van der Waals surface area contributed by atoms with Crippen molar-refractivity contribution >= 4 is 46.9 Å². The van der Waals surface area contributed by atoms with E-state index in [4.69, 9.17) is 23.2 Å². The van der Waals surface area contributed by atoms with Gasteiger partial charge in [-0.05, 0) is 25.5 Å². The van der Waals surface area contributed by atoms with Crippen LogP contribution in [0.15, 0.2) is 36.5 Å². The van der Waals surface area contributed by atoms with E-state index in [0.29, 0.717) is 10.6 Å². The summed E-state index contributed by atoms with van der Waals surface area (Å²) >= 11 is 11.7. The highest BCUT2D eigenvalue weighted by atomic mass is 35.5. The van der Waals surface area contributed by atoms with Crippen molar-refractivity contribution < 1.29 is 14.4 Å². The Bertz CT molecular complexity index is 933. The molecule has 1 aromatic heterocycles. The summed E-state index contributed by atoms with van der Waals surface area (Å²) in [7, 11) is 0. The van der Waals surface area contributed by atoms with Crippen LogP contribution in [-0.4, -0.2) is 34.3 Å². The summed E-state index contributed by atoms with van der Waals surface area (Å²) < 4.78 is 0. The van der Waals surface area contributed by atoms with Crippen LogP contribution in [0.4, 0.5) is 10.6 Å². The molecule has 140 valence electrons. The van der Waals surface area contributed by atoms with E-state index < -0.39 is 29.9 Å². The van der Waals surface area contributed by atoms with Crippen LogP contribution in [0, 0.1) is 6.92 Å². The van der Waals surface area contributed by atoms with E-state index in [1.54, 1.807) is 19.1 Å². The Balaban J connectivity index is 1.75. The number of aryl methyl sites for hydroxylation is 1. The molecule has 2 aromatic rings. The van der Waals surface area contributed by atoms with Gasteiger partial charge in [-0.1, -0.05) is 53.0 Å². The van der Waals surface area contributed by atoms with Crippen LogP contribution in [0.1, 0.15) is 18.1 Å². The van der Waals surface area contributed by atoms with Gasteiger partial charge in [0, 0.05) is 6.20 Å². The molecule has 1 aromatic carbocycles. The van der Waals surface area contributed by atoms with Crippen molar-refractivity contribution in [1.29, 1.82) is 0 Å². The molecule has 9 heteroatoms. The van der Waals surface area contributed by atoms with Crippen LogP contribution in [0.5, 0.6) is 0 Å². The van der Waals surface area contributed by atoms with Crippen molar-refractivity contribution in [2.75, 3.05) is 11.9 Å². The summed E-state index contributed by atoms with van der Waals surface area (Å²) in [5.41, 5.74) is 0.431. The Morgan fingerprint density at radius 2 is 1.93 bits per heavy atom. The lowest BCUT2D eigenvalue weighted by molar-refractivity contribution is -0.133. The van der Waals surface area contributed by atoms with E-state index in [0.717, 1.165) is 10.5 Å². The average molecular weight is 407 g/mol. The Morgan fingerprint density at radius 3 is 2.56 bits per heavy atom. The van der Waals surface area contributed by atoms with E-state index in [-0.39, 0.29) is 10.8 Å². The largest absolute Gasteiger partial charge is 0.325 e. The van der Waals surface area contributed by atoms with Gasteiger partial charge in [-0.25, -0.2) is 9.78 Å². The molecule has 1 fully saturated rings. The fourth-order valence-electron chi connectivity index (χ4n) is 2.74. The third-order valence-electron chi connectivity index (χ3n) is 4.27. The highest BCUT2D eigenvalue weighted by Crippen LogP contribution is 2.29. The second-order valence-corrected chi connectivity index (χ2v) is 7.19. The lowest BCUT2D eigenvalue weighted by Gasteiger charge is -2.22. The number of hydrogen-bond acceptors (Lipinski definition) is 4. The number of aromatic nitrogens is 1. The molecule has 4 amide bonds. The maximum Gasteiger partial charge on any atom is 0.325 e. The first-order valence-electron chi connectivity index (χ1n) is 8.03. The van der Waals surface area contributed by atoms with Crippen molar-refractivity contribution in [3.05, 3.63) is 57.7 Å². The smallest absolute Gasteiger partial charge is 0.319 e. The minimum Gasteiger partial charge on any atom is -0.319 e. The maximum atomic E-state index is 12.8. The standard InChI is InChI=1S/C18H16Cl2N4O3/c1-10-3-5-11(6-4-10)18(2)16(26)24(17(27)23-18)9-14(25)22-15-13(20)7-12(19)8-21-15/h3-8H,9H2,1-2H3,(H,23,27)(H,21,22,25). The van der Waals surface area contributed by atoms with Gasteiger partial charge in [-0.15, -0.1) is 0 Å².